The summed E-state index contributed by atoms with van der Waals surface area (Å²) in [4.78, 5) is 52.1. The van der Waals surface area contributed by atoms with Gasteiger partial charge in [0.2, 0.25) is 12.4 Å². The lowest BCUT2D eigenvalue weighted by Crippen LogP contribution is -2.62. The number of rotatable bonds is 9. The van der Waals surface area contributed by atoms with Crippen LogP contribution in [0.2, 0.25) is 0 Å². The van der Waals surface area contributed by atoms with Gasteiger partial charge in [-0.25, -0.2) is 19.2 Å². The molecule has 1 unspecified atom stereocenters. The van der Waals surface area contributed by atoms with Gasteiger partial charge in [0.25, 0.3) is 0 Å². The summed E-state index contributed by atoms with van der Waals surface area (Å²) in [5.74, 6) is -3.22. The van der Waals surface area contributed by atoms with Gasteiger partial charge < -0.3 is 28.8 Å². The fraction of sp³-hybridized carbons (Fsp3) is 0.176. The first kappa shape index (κ1) is 30.1. The van der Waals surface area contributed by atoms with Gasteiger partial charge in [-0.1, -0.05) is 72.8 Å². The average Bonchev–Trinajstić information content (AvgIpc) is 3.08. The van der Waals surface area contributed by atoms with Crippen LogP contribution in [0.4, 0.5) is 0 Å². The molecule has 4 aromatic rings. The van der Waals surface area contributed by atoms with Gasteiger partial charge in [0, 0.05) is 0 Å². The molecule has 0 radical (unpaired) electrons. The quantitative estimate of drug-likeness (QED) is 0.221. The number of esters is 4. The minimum absolute atomic E-state index is 0.155. The van der Waals surface area contributed by atoms with Crippen molar-refractivity contribution in [2.45, 2.75) is 30.7 Å². The van der Waals surface area contributed by atoms with Crippen LogP contribution in [0.1, 0.15) is 41.4 Å². The Morgan fingerprint density at radius 3 is 1.32 bits per heavy atom. The minimum Gasteiger partial charge on any atom is -0.459 e. The fourth-order valence-corrected chi connectivity index (χ4v) is 4.48. The Hall–Kier alpha value is -5.32. The van der Waals surface area contributed by atoms with Gasteiger partial charge in [0.05, 0.1) is 22.3 Å². The average molecular weight is 597 g/mol. The van der Waals surface area contributed by atoms with Crippen LogP contribution in [0.25, 0.3) is 0 Å². The zero-order valence-electron chi connectivity index (χ0n) is 23.3. The Morgan fingerprint density at radius 1 is 0.523 bits per heavy atom. The summed E-state index contributed by atoms with van der Waals surface area (Å²) < 4.78 is 28.3. The summed E-state index contributed by atoms with van der Waals surface area (Å²) >= 11 is 0. The molecule has 0 spiro atoms. The lowest BCUT2D eigenvalue weighted by atomic mass is 9.98. The predicted molar refractivity (Wildman–Crippen MR) is 155 cm³/mol. The highest BCUT2D eigenvalue weighted by atomic mass is 16.7. The van der Waals surface area contributed by atoms with Crippen LogP contribution in [0.3, 0.4) is 0 Å². The first-order valence-corrected chi connectivity index (χ1v) is 13.7. The summed E-state index contributed by atoms with van der Waals surface area (Å²) in [6, 6.07) is 32.1. The Bertz CT molecular complexity index is 1560. The zero-order valence-corrected chi connectivity index (χ0v) is 23.3. The lowest BCUT2D eigenvalue weighted by Gasteiger charge is -2.42. The zero-order chi connectivity index (χ0) is 30.9. The largest absolute Gasteiger partial charge is 0.459 e. The number of carbonyl (C=O) groups is 4. The van der Waals surface area contributed by atoms with Crippen molar-refractivity contribution in [2.75, 3.05) is 6.61 Å². The predicted octanol–water partition coefficient (Wildman–Crippen LogP) is 4.24. The van der Waals surface area contributed by atoms with E-state index in [-0.39, 0.29) is 22.3 Å². The standard InChI is InChI=1S/C34H28O10/c35-27-26(21-40-30(36)22-13-5-1-6-14-22)41-34(44-33(39)25-19-11-4-12-20-25)29(43-32(38)24-17-9-3-10-18-24)28(27)42-31(37)23-15-7-2-8-16-23/h1-20,26-29,34-35H,21H2/t26-,27+,28+,29-,34?/m1/s1. The number of benzene rings is 4. The Morgan fingerprint density at radius 2 is 0.886 bits per heavy atom. The van der Waals surface area contributed by atoms with Crippen LogP contribution >= 0.6 is 0 Å². The van der Waals surface area contributed by atoms with E-state index in [9.17, 15) is 24.3 Å². The summed E-state index contributed by atoms with van der Waals surface area (Å²) in [6.45, 7) is -0.507. The maximum atomic E-state index is 13.2. The molecular weight excluding hydrogens is 568 g/mol. The molecule has 10 heteroatoms. The van der Waals surface area contributed by atoms with Gasteiger partial charge in [-0.3, -0.25) is 0 Å². The summed E-state index contributed by atoms with van der Waals surface area (Å²) in [5, 5.41) is 11.4. The summed E-state index contributed by atoms with van der Waals surface area (Å²) in [6.07, 6.45) is -7.91. The van der Waals surface area contributed by atoms with Crippen molar-refractivity contribution in [2.24, 2.45) is 0 Å². The second kappa shape index (κ2) is 14.2. The van der Waals surface area contributed by atoms with Crippen LogP contribution in [-0.2, 0) is 23.7 Å². The summed E-state index contributed by atoms with van der Waals surface area (Å²) in [7, 11) is 0. The normalized spacial score (nSPS) is 21.0. The van der Waals surface area contributed by atoms with Gasteiger partial charge in [0.1, 0.15) is 18.8 Å². The molecule has 10 nitrogen and oxygen atoms in total. The molecule has 0 saturated carbocycles. The van der Waals surface area contributed by atoms with Crippen LogP contribution in [0.15, 0.2) is 121 Å². The number of ether oxygens (including phenoxy) is 5. The van der Waals surface area contributed by atoms with Gasteiger partial charge in [0.15, 0.2) is 6.10 Å². The number of aliphatic hydroxyl groups excluding tert-OH is 1. The van der Waals surface area contributed by atoms with Crippen LogP contribution in [-0.4, -0.2) is 66.3 Å². The molecule has 4 aromatic carbocycles. The van der Waals surface area contributed by atoms with Crippen LogP contribution < -0.4 is 0 Å². The van der Waals surface area contributed by atoms with Crippen molar-refractivity contribution in [3.8, 4) is 0 Å². The molecule has 1 heterocycles. The van der Waals surface area contributed by atoms with E-state index >= 15 is 0 Å². The van der Waals surface area contributed by atoms with Crippen LogP contribution in [0.5, 0.6) is 0 Å². The number of carbonyl (C=O) groups excluding carboxylic acids is 4. The van der Waals surface area contributed by atoms with Crippen molar-refractivity contribution in [1.82, 2.24) is 0 Å². The molecule has 0 amide bonds. The monoisotopic (exact) mass is 596 g/mol. The molecule has 44 heavy (non-hydrogen) atoms. The number of hydrogen-bond acceptors (Lipinski definition) is 10. The molecule has 5 rings (SSSR count). The third kappa shape index (κ3) is 7.35. The number of hydrogen-bond donors (Lipinski definition) is 1. The minimum atomic E-state index is -1.67. The Labute approximate surface area is 252 Å². The van der Waals surface area contributed by atoms with Gasteiger partial charge in [-0.05, 0) is 48.5 Å². The van der Waals surface area contributed by atoms with E-state index in [0.717, 1.165) is 0 Å². The molecular formula is C34H28O10. The van der Waals surface area contributed by atoms with E-state index in [1.807, 2.05) is 0 Å². The molecule has 0 bridgehead atoms. The van der Waals surface area contributed by atoms with Gasteiger partial charge in [-0.15, -0.1) is 0 Å². The van der Waals surface area contributed by atoms with E-state index in [1.54, 1.807) is 84.9 Å². The maximum Gasteiger partial charge on any atom is 0.340 e. The smallest absolute Gasteiger partial charge is 0.340 e. The molecule has 5 atom stereocenters. The second-order valence-electron chi connectivity index (χ2n) is 9.74. The van der Waals surface area contributed by atoms with Crippen molar-refractivity contribution in [3.05, 3.63) is 144 Å². The molecule has 0 aliphatic carbocycles. The van der Waals surface area contributed by atoms with Crippen molar-refractivity contribution < 1.29 is 48.0 Å². The number of aliphatic hydroxyl groups is 1. The first-order valence-electron chi connectivity index (χ1n) is 13.7. The molecule has 0 aromatic heterocycles. The summed E-state index contributed by atoms with van der Waals surface area (Å²) in [5.41, 5.74) is 0.734. The maximum absolute atomic E-state index is 13.2. The molecule has 1 aliphatic heterocycles. The Balaban J connectivity index is 1.46. The second-order valence-corrected chi connectivity index (χ2v) is 9.74. The SMILES string of the molecule is O=C(OC[C@H]1OC(OC(=O)c2ccccc2)[C@H](OC(=O)c2ccccc2)[C@@H](OC(=O)c2ccccc2)[C@H]1O)c1ccccc1. The molecule has 1 saturated heterocycles. The molecule has 1 fully saturated rings. The van der Waals surface area contributed by atoms with E-state index < -0.39 is 61.2 Å². The topological polar surface area (TPSA) is 135 Å². The third-order valence-corrected chi connectivity index (χ3v) is 6.74. The third-order valence-electron chi connectivity index (χ3n) is 6.74. The van der Waals surface area contributed by atoms with E-state index in [2.05, 4.69) is 0 Å². The van der Waals surface area contributed by atoms with Crippen molar-refractivity contribution in [3.63, 3.8) is 0 Å². The lowest BCUT2D eigenvalue weighted by molar-refractivity contribution is -0.283. The van der Waals surface area contributed by atoms with E-state index in [4.69, 9.17) is 23.7 Å². The van der Waals surface area contributed by atoms with Gasteiger partial charge >= 0.3 is 23.9 Å². The van der Waals surface area contributed by atoms with Crippen molar-refractivity contribution >= 4 is 23.9 Å². The highest BCUT2D eigenvalue weighted by Gasteiger charge is 2.52. The fourth-order valence-electron chi connectivity index (χ4n) is 4.48. The highest BCUT2D eigenvalue weighted by Crippen LogP contribution is 2.30. The molecule has 1 N–H and O–H groups in total. The van der Waals surface area contributed by atoms with Crippen molar-refractivity contribution in [1.29, 1.82) is 0 Å². The van der Waals surface area contributed by atoms with Crippen LogP contribution in [0, 0.1) is 0 Å². The van der Waals surface area contributed by atoms with E-state index in [1.165, 1.54) is 36.4 Å². The Kier molecular flexibility index (Phi) is 9.75. The first-order chi connectivity index (χ1) is 21.4. The molecule has 224 valence electrons. The highest BCUT2D eigenvalue weighted by molar-refractivity contribution is 5.91. The van der Waals surface area contributed by atoms with Gasteiger partial charge in [-0.2, -0.15) is 0 Å². The molecule has 1 aliphatic rings. The van der Waals surface area contributed by atoms with E-state index in [0.29, 0.717) is 0 Å².